The molecule has 25 heteroatoms. The van der Waals surface area contributed by atoms with Crippen molar-refractivity contribution in [1.29, 1.82) is 0 Å². The molecule has 8 amide bonds. The molecule has 3 aromatic rings. The van der Waals surface area contributed by atoms with Crippen LogP contribution in [0, 0.1) is 11.8 Å². The van der Waals surface area contributed by atoms with Gasteiger partial charge in [-0.1, -0.05) is 56.1 Å². The summed E-state index contributed by atoms with van der Waals surface area (Å²) in [6.07, 6.45) is 1.76. The maximum atomic E-state index is 13.6. The first-order valence-corrected chi connectivity index (χ1v) is 26.0. The van der Waals surface area contributed by atoms with Crippen LogP contribution < -0.4 is 42.4 Å². The third kappa shape index (κ3) is 13.5. The van der Waals surface area contributed by atoms with E-state index in [1.165, 1.54) is 25.3 Å². The van der Waals surface area contributed by atoms with Crippen LogP contribution in [0.15, 0.2) is 52.9 Å². The zero-order chi connectivity index (χ0) is 54.7. The summed E-state index contributed by atoms with van der Waals surface area (Å²) in [5.41, 5.74) is 5.93. The fraction of sp³-hybridized carbons (Fsp3) is 0.420. The zero-order valence-electron chi connectivity index (χ0n) is 41.3. The van der Waals surface area contributed by atoms with Crippen LogP contribution in [0.25, 0.3) is 0 Å². The van der Waals surface area contributed by atoms with Crippen molar-refractivity contribution >= 4 is 80.5 Å². The fourth-order valence-electron chi connectivity index (χ4n) is 8.88. The number of ether oxygens (including phenoxy) is 2. The molecular weight excluding hydrogens is 1020 g/mol. The van der Waals surface area contributed by atoms with Crippen molar-refractivity contribution in [3.8, 4) is 17.2 Å². The highest BCUT2D eigenvalue weighted by atomic mass is 35.5. The number of phenolic OH excluding ortho intramolecular Hbond substituents is 2. The standard InChI is InChI=1S/C50H59ClN8O15S/c1-26(2)41(58-36(60)12-5-4-6-22-59-37(61)24-35(51)75(59,71)72)48(68)57-33(10-8-19-54-49(52)69)47(67)56-29-16-13-27(14-17-29)25-74-50(70)55-21-20-53-46(66)28-15-18-30-32(23-28)44(64)39-40(42(30)62)45(65)38-31(43(39)63)9-7-11-34(38)73-3/h7,9,11,13-14,16-17,24,26,28,33,41,62,64H,4-6,8,10,12,15,18-23,25H2,1-3H3,(H,53,66)(H,55,70)(H,56,67)(H,57,68)(H,58,60)(H3,52,54,69)/t28-,33?,41-/m0/s1. The number of hydrogen-bond acceptors (Lipinski definition) is 15. The number of hydrogen-bond donors (Lipinski definition) is 9. The molecule has 0 fully saturated rings. The summed E-state index contributed by atoms with van der Waals surface area (Å²) in [4.78, 5) is 116. The molecule has 3 atom stereocenters. The fourth-order valence-corrected chi connectivity index (χ4v) is 10.3. The summed E-state index contributed by atoms with van der Waals surface area (Å²) in [7, 11) is -2.68. The summed E-state index contributed by atoms with van der Waals surface area (Å²) in [5, 5.41) is 38.4. The second-order valence-electron chi connectivity index (χ2n) is 18.3. The van der Waals surface area contributed by atoms with Crippen LogP contribution in [0.5, 0.6) is 17.2 Å². The van der Waals surface area contributed by atoms with Crippen LogP contribution in [0.4, 0.5) is 15.3 Å². The van der Waals surface area contributed by atoms with E-state index in [1.807, 2.05) is 0 Å². The van der Waals surface area contributed by atoms with Gasteiger partial charge in [-0.15, -0.1) is 0 Å². The van der Waals surface area contributed by atoms with Gasteiger partial charge in [0.05, 0.1) is 23.8 Å². The number of unbranched alkanes of at least 4 members (excludes halogenated alkanes) is 2. The lowest BCUT2D eigenvalue weighted by atomic mass is 9.75. The number of anilines is 1. The van der Waals surface area contributed by atoms with E-state index < -0.39 is 103 Å². The molecule has 0 saturated heterocycles. The molecule has 1 heterocycles. The number of benzene rings is 3. The first kappa shape index (κ1) is 56.6. The molecule has 0 bridgehead atoms. The number of methoxy groups -OCH3 is 1. The van der Waals surface area contributed by atoms with E-state index in [2.05, 4.69) is 31.9 Å². The summed E-state index contributed by atoms with van der Waals surface area (Å²) < 4.78 is 35.0. The summed E-state index contributed by atoms with van der Waals surface area (Å²) in [6, 6.07) is 7.86. The van der Waals surface area contributed by atoms with Crippen LogP contribution in [0.2, 0.25) is 0 Å². The zero-order valence-corrected chi connectivity index (χ0v) is 42.9. The highest BCUT2D eigenvalue weighted by molar-refractivity contribution is 7.95. The van der Waals surface area contributed by atoms with Crippen molar-refractivity contribution in [2.24, 2.45) is 17.6 Å². The third-order valence-electron chi connectivity index (χ3n) is 12.8. The Kier molecular flexibility index (Phi) is 18.9. The van der Waals surface area contributed by atoms with Crippen molar-refractivity contribution in [2.75, 3.05) is 38.6 Å². The Morgan fingerprint density at radius 1 is 0.827 bits per heavy atom. The van der Waals surface area contributed by atoms with Gasteiger partial charge >= 0.3 is 12.1 Å². The lowest BCUT2D eigenvalue weighted by Gasteiger charge is -2.29. The number of halogens is 1. The molecule has 75 heavy (non-hydrogen) atoms. The Balaban J connectivity index is 0.934. The van der Waals surface area contributed by atoms with Crippen LogP contribution in [-0.4, -0.2) is 122 Å². The largest absolute Gasteiger partial charge is 0.507 e. The Morgan fingerprint density at radius 2 is 1.52 bits per heavy atom. The number of nitrogens with two attached hydrogens (primary N) is 1. The van der Waals surface area contributed by atoms with E-state index in [0.717, 1.165) is 6.08 Å². The maximum Gasteiger partial charge on any atom is 0.407 e. The normalized spacial score (nSPS) is 16.1. The summed E-state index contributed by atoms with van der Waals surface area (Å²) in [5.74, 6) is -5.92. The Morgan fingerprint density at radius 3 is 2.19 bits per heavy atom. The number of phenols is 2. The molecule has 2 aliphatic carbocycles. The molecule has 23 nitrogen and oxygen atoms in total. The third-order valence-corrected chi connectivity index (χ3v) is 15.1. The number of carbonyl (C=O) groups excluding carboxylic acids is 9. The van der Waals surface area contributed by atoms with Gasteiger partial charge in [-0.05, 0) is 74.6 Å². The number of sulfonamides is 1. The van der Waals surface area contributed by atoms with E-state index in [0.29, 0.717) is 28.4 Å². The number of amides is 8. The number of alkyl carbamates (subject to hydrolysis) is 1. The number of fused-ring (bicyclic) bond motifs is 3. The number of rotatable bonds is 23. The lowest BCUT2D eigenvalue weighted by Crippen LogP contribution is -2.54. The van der Waals surface area contributed by atoms with Gasteiger partial charge in [0.1, 0.15) is 35.9 Å². The highest BCUT2D eigenvalue weighted by Gasteiger charge is 2.41. The van der Waals surface area contributed by atoms with Gasteiger partial charge in [-0.2, -0.15) is 0 Å². The van der Waals surface area contributed by atoms with E-state index in [9.17, 15) is 61.8 Å². The van der Waals surface area contributed by atoms with Crippen molar-refractivity contribution in [2.45, 2.75) is 90.3 Å². The van der Waals surface area contributed by atoms with Gasteiger partial charge < -0.3 is 57.3 Å². The Hall–Kier alpha value is -7.73. The number of urea groups is 1. The quantitative estimate of drug-likeness (QED) is 0.0381. The van der Waals surface area contributed by atoms with Gasteiger partial charge in [0.15, 0.2) is 10.1 Å². The lowest BCUT2D eigenvalue weighted by molar-refractivity contribution is -0.132. The van der Waals surface area contributed by atoms with Crippen molar-refractivity contribution in [1.82, 2.24) is 30.9 Å². The van der Waals surface area contributed by atoms with E-state index >= 15 is 0 Å². The van der Waals surface area contributed by atoms with Gasteiger partial charge in [-0.25, -0.2) is 22.3 Å². The molecule has 3 aliphatic rings. The number of ketones is 2. The Labute approximate surface area is 436 Å². The predicted octanol–water partition coefficient (Wildman–Crippen LogP) is 2.85. The Bertz CT molecular complexity index is 2910. The molecule has 10 N–H and O–H groups in total. The van der Waals surface area contributed by atoms with Gasteiger partial charge in [-0.3, -0.25) is 33.6 Å². The molecule has 1 unspecified atom stereocenters. The van der Waals surface area contributed by atoms with Crippen LogP contribution in [0.3, 0.4) is 0 Å². The van der Waals surface area contributed by atoms with Crippen LogP contribution in [0.1, 0.15) is 107 Å². The van der Waals surface area contributed by atoms with E-state index in [4.69, 9.17) is 26.8 Å². The number of nitrogens with one attached hydrogen (secondary N) is 6. The molecule has 0 radical (unpaired) electrons. The number of carbonyl (C=O) groups is 9. The molecular formula is C50H59ClN8O15S. The van der Waals surface area contributed by atoms with E-state index in [-0.39, 0.29) is 117 Å². The molecule has 0 saturated carbocycles. The molecule has 402 valence electrons. The predicted molar refractivity (Wildman–Crippen MR) is 270 cm³/mol. The van der Waals surface area contributed by atoms with Crippen LogP contribution >= 0.6 is 11.6 Å². The average molecular weight is 1080 g/mol. The molecule has 0 aromatic heterocycles. The minimum Gasteiger partial charge on any atom is -0.507 e. The molecule has 1 aliphatic heterocycles. The maximum absolute atomic E-state index is 13.6. The average Bonchev–Trinajstić information content (AvgIpc) is 3.58. The van der Waals surface area contributed by atoms with Crippen molar-refractivity contribution in [3.05, 3.63) is 91.8 Å². The van der Waals surface area contributed by atoms with Gasteiger partial charge in [0, 0.05) is 67.0 Å². The second-order valence-corrected chi connectivity index (χ2v) is 20.8. The second kappa shape index (κ2) is 25.0. The number of nitrogens with zero attached hydrogens (tertiary/aromatic N) is 1. The van der Waals surface area contributed by atoms with E-state index in [1.54, 1.807) is 38.1 Å². The van der Waals surface area contributed by atoms with Crippen molar-refractivity contribution < 1.29 is 71.3 Å². The summed E-state index contributed by atoms with van der Waals surface area (Å²) in [6.45, 7) is 3.28. The topological polar surface area (TPSA) is 348 Å². The van der Waals surface area contributed by atoms with Crippen LogP contribution in [-0.2, 0) is 58.2 Å². The molecule has 6 rings (SSSR count). The first-order chi connectivity index (χ1) is 35.6. The van der Waals surface area contributed by atoms with Crippen molar-refractivity contribution in [3.63, 3.8) is 0 Å². The number of primary amides is 1. The summed E-state index contributed by atoms with van der Waals surface area (Å²) >= 11 is 5.64. The SMILES string of the molecule is COc1cccc2c1C(=O)c1c(O)c3c(c(O)c1C2=O)C[C@@H](C(=O)NCCNC(=O)OCc1ccc(NC(=O)C(CCCNC(N)=O)NC(=O)[C@@H](NC(=O)CCCCCN2C(=O)C=C(Cl)S2(=O)=O)C(C)C)cc1)CC3. The monoisotopic (exact) mass is 1080 g/mol. The number of aromatic hydroxyl groups is 2. The highest BCUT2D eigenvalue weighted by Crippen LogP contribution is 2.47. The minimum absolute atomic E-state index is 0.000861. The first-order valence-electron chi connectivity index (χ1n) is 24.2. The minimum atomic E-state index is -4.04. The van der Waals surface area contributed by atoms with Gasteiger partial charge in [0.25, 0.3) is 15.9 Å². The molecule has 3 aromatic carbocycles. The van der Waals surface area contributed by atoms with Gasteiger partial charge in [0.2, 0.25) is 29.4 Å². The molecule has 0 spiro atoms. The smallest absolute Gasteiger partial charge is 0.407 e.